The molecule has 2 N–H and O–H groups in total. The summed E-state index contributed by atoms with van der Waals surface area (Å²) in [6.45, 7) is 5.60. The van der Waals surface area contributed by atoms with E-state index in [1.165, 1.54) is 25.7 Å². The Labute approximate surface area is 81.7 Å². The van der Waals surface area contributed by atoms with Crippen LogP contribution in [0.2, 0.25) is 0 Å². The Kier molecular flexibility index (Phi) is 4.74. The fourth-order valence-corrected chi connectivity index (χ4v) is 2.08. The Bertz CT molecular complexity index is 132. The van der Waals surface area contributed by atoms with Crippen molar-refractivity contribution in [2.45, 2.75) is 45.6 Å². The zero-order valence-corrected chi connectivity index (χ0v) is 8.92. The van der Waals surface area contributed by atoms with Gasteiger partial charge < -0.3 is 10.4 Å². The van der Waals surface area contributed by atoms with Gasteiger partial charge in [-0.3, -0.25) is 0 Å². The van der Waals surface area contributed by atoms with Crippen LogP contribution in [-0.4, -0.2) is 24.3 Å². The molecule has 0 aromatic rings. The van der Waals surface area contributed by atoms with E-state index in [9.17, 15) is 0 Å². The van der Waals surface area contributed by atoms with Crippen molar-refractivity contribution in [3.05, 3.63) is 0 Å². The molecule has 1 fully saturated rings. The van der Waals surface area contributed by atoms with Gasteiger partial charge >= 0.3 is 0 Å². The van der Waals surface area contributed by atoms with Crippen LogP contribution in [0, 0.1) is 11.8 Å². The van der Waals surface area contributed by atoms with Crippen LogP contribution >= 0.6 is 0 Å². The number of aliphatic hydroxyl groups is 1. The lowest BCUT2D eigenvalue weighted by Crippen LogP contribution is -2.36. The Balaban J connectivity index is 2.12. The first-order valence-electron chi connectivity index (χ1n) is 5.58. The second-order valence-electron chi connectivity index (χ2n) is 4.53. The van der Waals surface area contributed by atoms with Crippen LogP contribution in [-0.2, 0) is 0 Å². The molecule has 1 saturated carbocycles. The van der Waals surface area contributed by atoms with Gasteiger partial charge in [-0.05, 0) is 31.6 Å². The molecule has 1 aliphatic carbocycles. The van der Waals surface area contributed by atoms with Crippen LogP contribution in [0.25, 0.3) is 0 Å². The average Bonchev–Trinajstić information content (AvgIpc) is 2.66. The van der Waals surface area contributed by atoms with Crippen molar-refractivity contribution in [1.82, 2.24) is 5.32 Å². The summed E-state index contributed by atoms with van der Waals surface area (Å²) in [4.78, 5) is 0. The third kappa shape index (κ3) is 3.65. The highest BCUT2D eigenvalue weighted by atomic mass is 16.3. The van der Waals surface area contributed by atoms with Crippen molar-refractivity contribution >= 4 is 0 Å². The van der Waals surface area contributed by atoms with E-state index in [4.69, 9.17) is 5.11 Å². The van der Waals surface area contributed by atoms with E-state index in [2.05, 4.69) is 19.2 Å². The van der Waals surface area contributed by atoms with E-state index in [-0.39, 0.29) is 0 Å². The van der Waals surface area contributed by atoms with Gasteiger partial charge in [0.15, 0.2) is 0 Å². The molecule has 0 saturated heterocycles. The van der Waals surface area contributed by atoms with Gasteiger partial charge in [-0.1, -0.05) is 19.8 Å². The molecular weight excluding hydrogens is 162 g/mol. The molecule has 0 aliphatic heterocycles. The molecule has 1 aliphatic rings. The predicted molar refractivity (Wildman–Crippen MR) is 55.7 cm³/mol. The van der Waals surface area contributed by atoms with Gasteiger partial charge in [-0.25, -0.2) is 0 Å². The number of hydrogen-bond acceptors (Lipinski definition) is 2. The van der Waals surface area contributed by atoms with Crippen LogP contribution in [0.4, 0.5) is 0 Å². The number of rotatable bonds is 5. The average molecular weight is 185 g/mol. The van der Waals surface area contributed by atoms with Gasteiger partial charge in [0.1, 0.15) is 0 Å². The van der Waals surface area contributed by atoms with Crippen LogP contribution in [0.5, 0.6) is 0 Å². The summed E-state index contributed by atoms with van der Waals surface area (Å²) in [5.41, 5.74) is 0. The summed E-state index contributed by atoms with van der Waals surface area (Å²) >= 11 is 0. The fourth-order valence-electron chi connectivity index (χ4n) is 2.08. The van der Waals surface area contributed by atoms with E-state index < -0.39 is 0 Å². The third-order valence-electron chi connectivity index (χ3n) is 3.21. The molecule has 0 spiro atoms. The lowest BCUT2D eigenvalue weighted by Gasteiger charge is -2.21. The third-order valence-corrected chi connectivity index (χ3v) is 3.21. The number of nitrogens with one attached hydrogen (secondary N) is 1. The standard InChI is InChI=1S/C11H23NO/c1-9(8-13)7-12-10(2)11-5-3-4-6-11/h9-13H,3-8H2,1-2H3. The van der Waals surface area contributed by atoms with Crippen molar-refractivity contribution < 1.29 is 5.11 Å². The lowest BCUT2D eigenvalue weighted by atomic mass is 9.99. The molecule has 0 radical (unpaired) electrons. The quantitative estimate of drug-likeness (QED) is 0.684. The van der Waals surface area contributed by atoms with Crippen LogP contribution in [0.3, 0.4) is 0 Å². The topological polar surface area (TPSA) is 32.3 Å². The minimum atomic E-state index is 0.296. The zero-order valence-electron chi connectivity index (χ0n) is 8.92. The highest BCUT2D eigenvalue weighted by Gasteiger charge is 2.21. The normalized spacial score (nSPS) is 23.3. The number of aliphatic hydroxyl groups excluding tert-OH is 1. The van der Waals surface area contributed by atoms with Crippen molar-refractivity contribution in [3.8, 4) is 0 Å². The van der Waals surface area contributed by atoms with Crippen molar-refractivity contribution in [2.24, 2.45) is 11.8 Å². The van der Waals surface area contributed by atoms with Crippen LogP contribution in [0.1, 0.15) is 39.5 Å². The molecule has 0 heterocycles. The van der Waals surface area contributed by atoms with Gasteiger partial charge in [0.2, 0.25) is 0 Å². The zero-order chi connectivity index (χ0) is 9.68. The Morgan fingerprint density at radius 2 is 1.92 bits per heavy atom. The molecule has 78 valence electrons. The first kappa shape index (κ1) is 11.0. The number of hydrogen-bond donors (Lipinski definition) is 2. The van der Waals surface area contributed by atoms with Gasteiger partial charge in [0.05, 0.1) is 0 Å². The molecule has 2 heteroatoms. The maximum absolute atomic E-state index is 8.87. The lowest BCUT2D eigenvalue weighted by molar-refractivity contribution is 0.225. The molecule has 2 unspecified atom stereocenters. The summed E-state index contributed by atoms with van der Waals surface area (Å²) in [5, 5.41) is 12.4. The fraction of sp³-hybridized carbons (Fsp3) is 1.00. The molecule has 0 aromatic heterocycles. The van der Waals surface area contributed by atoms with Gasteiger partial charge in [-0.15, -0.1) is 0 Å². The second-order valence-corrected chi connectivity index (χ2v) is 4.53. The summed E-state index contributed by atoms with van der Waals surface area (Å²) < 4.78 is 0. The maximum Gasteiger partial charge on any atom is 0.0468 e. The SMILES string of the molecule is CC(CO)CNC(C)C1CCCC1. The van der Waals surface area contributed by atoms with E-state index in [1.807, 2.05) is 0 Å². The van der Waals surface area contributed by atoms with Crippen molar-refractivity contribution in [1.29, 1.82) is 0 Å². The Hall–Kier alpha value is -0.0800. The monoisotopic (exact) mass is 185 g/mol. The molecule has 0 aromatic carbocycles. The highest BCUT2D eigenvalue weighted by molar-refractivity contribution is 4.77. The minimum Gasteiger partial charge on any atom is -0.396 e. The summed E-state index contributed by atoms with van der Waals surface area (Å²) in [6.07, 6.45) is 5.60. The molecule has 0 amide bonds. The summed E-state index contributed by atoms with van der Waals surface area (Å²) in [6, 6.07) is 0.636. The van der Waals surface area contributed by atoms with E-state index in [0.717, 1.165) is 12.5 Å². The Morgan fingerprint density at radius 3 is 2.46 bits per heavy atom. The summed E-state index contributed by atoms with van der Waals surface area (Å²) in [7, 11) is 0. The molecule has 2 nitrogen and oxygen atoms in total. The maximum atomic E-state index is 8.87. The predicted octanol–water partition coefficient (Wildman–Crippen LogP) is 1.78. The highest BCUT2D eigenvalue weighted by Crippen LogP contribution is 2.27. The molecular formula is C11H23NO. The van der Waals surface area contributed by atoms with Gasteiger partial charge in [0.25, 0.3) is 0 Å². The molecule has 2 atom stereocenters. The van der Waals surface area contributed by atoms with Crippen molar-refractivity contribution in [3.63, 3.8) is 0 Å². The van der Waals surface area contributed by atoms with Gasteiger partial charge in [-0.2, -0.15) is 0 Å². The largest absolute Gasteiger partial charge is 0.396 e. The van der Waals surface area contributed by atoms with E-state index in [0.29, 0.717) is 18.6 Å². The smallest absolute Gasteiger partial charge is 0.0468 e. The molecule has 13 heavy (non-hydrogen) atoms. The van der Waals surface area contributed by atoms with Crippen LogP contribution in [0.15, 0.2) is 0 Å². The second kappa shape index (κ2) is 5.61. The molecule has 1 rings (SSSR count). The summed E-state index contributed by atoms with van der Waals surface area (Å²) in [5.74, 6) is 1.27. The first-order valence-corrected chi connectivity index (χ1v) is 5.58. The molecule has 0 bridgehead atoms. The van der Waals surface area contributed by atoms with Crippen molar-refractivity contribution in [2.75, 3.05) is 13.2 Å². The Morgan fingerprint density at radius 1 is 1.31 bits per heavy atom. The van der Waals surface area contributed by atoms with Crippen LogP contribution < -0.4 is 5.32 Å². The first-order chi connectivity index (χ1) is 6.24. The van der Waals surface area contributed by atoms with E-state index in [1.54, 1.807) is 0 Å². The minimum absolute atomic E-state index is 0.296. The van der Waals surface area contributed by atoms with Gasteiger partial charge in [0, 0.05) is 19.2 Å². The van der Waals surface area contributed by atoms with E-state index >= 15 is 0 Å².